The first-order chi connectivity index (χ1) is 2.81. The zero-order valence-electron chi connectivity index (χ0n) is 2.62. The molecule has 0 unspecified atom stereocenters. The van der Waals surface area contributed by atoms with E-state index in [1.165, 1.54) is 0 Å². The molecule has 0 aromatic heterocycles. The molecule has 0 saturated heterocycles. The van der Waals surface area contributed by atoms with E-state index in [9.17, 15) is 4.79 Å². The molecule has 0 aliphatic heterocycles. The third-order valence-electron chi connectivity index (χ3n) is 0.149. The molecule has 0 amide bonds. The van der Waals surface area contributed by atoms with Crippen LogP contribution in [0.3, 0.4) is 0 Å². The molecule has 0 heterocycles. The molecule has 0 saturated carbocycles. The van der Waals surface area contributed by atoms with Crippen LogP contribution in [0.5, 0.6) is 0 Å². The van der Waals surface area contributed by atoms with Crippen molar-refractivity contribution in [1.29, 1.82) is 0 Å². The second-order valence-corrected chi connectivity index (χ2v) is 0.433. The van der Waals surface area contributed by atoms with Crippen LogP contribution in [0.2, 0.25) is 0 Å². The number of hydrogen-bond donors (Lipinski definition) is 2. The molecule has 6 heteroatoms. The van der Waals surface area contributed by atoms with Gasteiger partial charge < -0.3 is 0 Å². The van der Waals surface area contributed by atoms with Crippen LogP contribution in [0.4, 0.5) is 4.79 Å². The van der Waals surface area contributed by atoms with Gasteiger partial charge in [-0.05, 0) is 0 Å². The van der Waals surface area contributed by atoms with E-state index in [0.717, 1.165) is 0 Å². The fraction of sp³-hybridized carbons (Fsp3) is 0. The Morgan fingerprint density at radius 3 is 1.57 bits per heavy atom. The van der Waals surface area contributed by atoms with Gasteiger partial charge in [0.2, 0.25) is 0 Å². The zero-order valence-corrected chi connectivity index (χ0v) is 2.62. The van der Waals surface area contributed by atoms with E-state index in [1.54, 1.807) is 0 Å². The predicted molar refractivity (Wildman–Crippen MR) is 21.4 cm³/mol. The Morgan fingerprint density at radius 1 is 1.29 bits per heavy atom. The number of carbonyl (C=O) groups excluding carboxylic acids is 1. The Hall–Kier alpha value is -0.0438. The van der Waals surface area contributed by atoms with Crippen molar-refractivity contribution in [3.05, 3.63) is 0 Å². The summed E-state index contributed by atoms with van der Waals surface area (Å²) in [7, 11) is 0. The summed E-state index contributed by atoms with van der Waals surface area (Å²) in [5.74, 6) is 0. The van der Waals surface area contributed by atoms with Crippen LogP contribution in [-0.4, -0.2) is 39.7 Å². The minimum absolute atomic E-state index is 0. The van der Waals surface area contributed by atoms with Gasteiger partial charge in [0.05, 0.1) is 0 Å². The van der Waals surface area contributed by atoms with Gasteiger partial charge in [-0.15, -0.1) is 0 Å². The van der Waals surface area contributed by atoms with Gasteiger partial charge in [0.1, 0.15) is 0 Å². The fourth-order valence-electron chi connectivity index (χ4n) is 0.0167. The zero-order chi connectivity index (χ0) is 4.99. The van der Waals surface area contributed by atoms with Crippen molar-refractivity contribution in [2.75, 3.05) is 0 Å². The van der Waals surface area contributed by atoms with Gasteiger partial charge in [-0.2, -0.15) is 15.3 Å². The van der Waals surface area contributed by atoms with Crippen LogP contribution in [0, 0.1) is 0 Å². The highest BCUT2D eigenvalue weighted by Gasteiger charge is 1.95. The summed E-state index contributed by atoms with van der Waals surface area (Å²) >= 11 is 0. The van der Waals surface area contributed by atoms with Crippen LogP contribution >= 0.6 is 0 Å². The normalized spacial score (nSPS) is 6.00. The quantitative estimate of drug-likeness (QED) is 0.248. The Kier molecular flexibility index (Phi) is 8.55. The first kappa shape index (κ1) is 10.0. The Labute approximate surface area is 54.8 Å². The molecule has 0 rings (SSSR count). The van der Waals surface area contributed by atoms with E-state index in [-0.39, 0.29) is 23.1 Å². The monoisotopic (exact) mass is 120 g/mol. The molecule has 0 fully saturated rings. The SMILES string of the molecule is O=C(OO)OO.[MgH2]. The summed E-state index contributed by atoms with van der Waals surface area (Å²) < 4.78 is 0. The smallest absolute Gasteiger partial charge is 0.260 e. The van der Waals surface area contributed by atoms with Crippen LogP contribution in [0.25, 0.3) is 0 Å². The first-order valence-electron chi connectivity index (χ1n) is 0.978. The molecule has 0 aliphatic rings. The van der Waals surface area contributed by atoms with E-state index in [1.807, 2.05) is 0 Å². The lowest BCUT2D eigenvalue weighted by Crippen LogP contribution is -1.99. The highest BCUT2D eigenvalue weighted by molar-refractivity contribution is 5.75. The summed E-state index contributed by atoms with van der Waals surface area (Å²) in [4.78, 5) is 14.8. The molecule has 0 spiro atoms. The van der Waals surface area contributed by atoms with E-state index >= 15 is 0 Å². The molecule has 0 bridgehead atoms. The maximum atomic E-state index is 9.24. The lowest BCUT2D eigenvalue weighted by molar-refractivity contribution is -0.270. The summed E-state index contributed by atoms with van der Waals surface area (Å²) in [6.45, 7) is 0. The summed E-state index contributed by atoms with van der Waals surface area (Å²) in [5.41, 5.74) is 0. The van der Waals surface area contributed by atoms with Gasteiger partial charge in [-0.25, -0.2) is 0 Å². The van der Waals surface area contributed by atoms with Crippen LogP contribution in [0.1, 0.15) is 0 Å². The topological polar surface area (TPSA) is 76.0 Å². The summed E-state index contributed by atoms with van der Waals surface area (Å²) in [5, 5.41) is 14.4. The fourth-order valence-corrected chi connectivity index (χ4v) is 0.0167. The highest BCUT2D eigenvalue weighted by atomic mass is 24.3. The molecule has 40 valence electrons. The second-order valence-electron chi connectivity index (χ2n) is 0.433. The maximum Gasteiger partial charge on any atom is 0.572 e. The van der Waals surface area contributed by atoms with Crippen molar-refractivity contribution in [2.24, 2.45) is 0 Å². The van der Waals surface area contributed by atoms with Crippen LogP contribution < -0.4 is 0 Å². The van der Waals surface area contributed by atoms with Crippen molar-refractivity contribution in [2.45, 2.75) is 0 Å². The van der Waals surface area contributed by atoms with E-state index in [2.05, 4.69) is 9.78 Å². The lowest BCUT2D eigenvalue weighted by atomic mass is 11.4. The van der Waals surface area contributed by atoms with Gasteiger partial charge in [0, 0.05) is 0 Å². The van der Waals surface area contributed by atoms with Crippen LogP contribution in [0.15, 0.2) is 0 Å². The minimum Gasteiger partial charge on any atom is -0.260 e. The van der Waals surface area contributed by atoms with E-state index < -0.39 is 6.16 Å². The lowest BCUT2D eigenvalue weighted by Gasteiger charge is -1.83. The van der Waals surface area contributed by atoms with Gasteiger partial charge in [0.25, 0.3) is 0 Å². The third-order valence-corrected chi connectivity index (χ3v) is 0.149. The largest absolute Gasteiger partial charge is 0.572 e. The molecular weight excluding hydrogens is 116 g/mol. The van der Waals surface area contributed by atoms with Crippen molar-refractivity contribution in [3.63, 3.8) is 0 Å². The summed E-state index contributed by atoms with van der Waals surface area (Å²) in [6, 6.07) is 0. The summed E-state index contributed by atoms with van der Waals surface area (Å²) in [6.07, 6.45) is -1.55. The van der Waals surface area contributed by atoms with Gasteiger partial charge >= 0.3 is 29.2 Å². The van der Waals surface area contributed by atoms with Crippen molar-refractivity contribution >= 4 is 29.2 Å². The van der Waals surface area contributed by atoms with Gasteiger partial charge in [-0.3, -0.25) is 9.78 Å². The van der Waals surface area contributed by atoms with E-state index in [4.69, 9.17) is 10.5 Å². The molecule has 0 atom stereocenters. The molecule has 2 N–H and O–H groups in total. The average Bonchev–Trinajstić information content (AvgIpc) is 1.65. The van der Waals surface area contributed by atoms with Crippen molar-refractivity contribution in [1.82, 2.24) is 0 Å². The van der Waals surface area contributed by atoms with Crippen LogP contribution in [-0.2, 0) is 9.78 Å². The Morgan fingerprint density at radius 2 is 1.57 bits per heavy atom. The van der Waals surface area contributed by atoms with Crippen molar-refractivity contribution < 1.29 is 25.1 Å². The molecule has 5 nitrogen and oxygen atoms in total. The van der Waals surface area contributed by atoms with Gasteiger partial charge in [-0.1, -0.05) is 0 Å². The molecule has 7 heavy (non-hydrogen) atoms. The Bertz CT molecular complexity index is 46.0. The third kappa shape index (κ3) is 5.96. The highest BCUT2D eigenvalue weighted by Crippen LogP contribution is 1.71. The predicted octanol–water partition coefficient (Wildman–Crippen LogP) is -0.831. The number of hydrogen-bond acceptors (Lipinski definition) is 5. The molecule has 0 aliphatic carbocycles. The first-order valence-corrected chi connectivity index (χ1v) is 0.978. The molecule has 0 radical (unpaired) electrons. The van der Waals surface area contributed by atoms with E-state index in [0.29, 0.717) is 0 Å². The molecular formula is CH4MgO5. The van der Waals surface area contributed by atoms with Crippen molar-refractivity contribution in [3.8, 4) is 0 Å². The minimum atomic E-state index is -1.55. The molecule has 0 aromatic carbocycles. The average molecular weight is 120 g/mol. The number of carbonyl (C=O) groups is 1. The number of rotatable bonds is 0. The van der Waals surface area contributed by atoms with Gasteiger partial charge in [0.15, 0.2) is 0 Å². The molecule has 0 aromatic rings. The standard InChI is InChI=1S/CH2O5.Mg.2H/c2-1(5-3)6-4;;;/h3-4H;;;. The maximum absolute atomic E-state index is 9.24. The Balaban J connectivity index is 0. The second kappa shape index (κ2) is 5.96.